The number of fused-ring (bicyclic) bond motifs is 3. The molecule has 0 aromatic rings. The molecule has 3 N–H and O–H groups in total. The number of hydrazine groups is 1. The Balaban J connectivity index is 1.23. The van der Waals surface area contributed by atoms with Gasteiger partial charge in [0.15, 0.2) is 0 Å². The molecular weight excluding hydrogens is 316 g/mol. The van der Waals surface area contributed by atoms with E-state index in [-0.39, 0.29) is 24.1 Å². The Bertz CT molecular complexity index is 476. The molecule has 2 saturated heterocycles. The molecule has 5 rings (SSSR count). The standard InChI is InChI=1S/C19H34N4O2/c1-13(2)17-9-16(22-25-17)18(24)21-15-10-20-23(11-15)12-19-6-3-14(4-7-19)5-8-19/h13-17,20,22H,3-12H2,1-2H3,(H,21,24). The monoisotopic (exact) mass is 350 g/mol. The van der Waals surface area contributed by atoms with Crippen molar-refractivity contribution in [2.45, 2.75) is 77.0 Å². The SMILES string of the molecule is CC(C)C1CC(C(=O)NC2CNN(CC34CCC(CC3)CC4)C2)NO1. The zero-order valence-corrected chi connectivity index (χ0v) is 15.7. The molecule has 0 aromatic carbocycles. The third-order valence-electron chi connectivity index (χ3n) is 7.01. The molecule has 6 heteroatoms. The minimum atomic E-state index is -0.214. The highest BCUT2D eigenvalue weighted by Crippen LogP contribution is 2.50. The number of carbonyl (C=O) groups is 1. The second-order valence-corrected chi connectivity index (χ2v) is 9.24. The Kier molecular flexibility index (Phi) is 5.06. The minimum Gasteiger partial charge on any atom is -0.349 e. The third kappa shape index (κ3) is 3.87. The first kappa shape index (κ1) is 17.7. The van der Waals surface area contributed by atoms with Crippen molar-refractivity contribution < 1.29 is 9.63 Å². The summed E-state index contributed by atoms with van der Waals surface area (Å²) in [6.07, 6.45) is 9.37. The maximum absolute atomic E-state index is 12.5. The fraction of sp³-hybridized carbons (Fsp3) is 0.947. The van der Waals surface area contributed by atoms with Gasteiger partial charge in [-0.25, -0.2) is 5.01 Å². The molecule has 2 heterocycles. The summed E-state index contributed by atoms with van der Waals surface area (Å²) in [5, 5.41) is 5.57. The zero-order chi connectivity index (χ0) is 17.4. The molecule has 25 heavy (non-hydrogen) atoms. The van der Waals surface area contributed by atoms with Crippen molar-refractivity contribution in [1.29, 1.82) is 0 Å². The van der Waals surface area contributed by atoms with Crippen LogP contribution in [0, 0.1) is 17.3 Å². The topological polar surface area (TPSA) is 65.6 Å². The van der Waals surface area contributed by atoms with Crippen LogP contribution in [0.15, 0.2) is 0 Å². The lowest BCUT2D eigenvalue weighted by molar-refractivity contribution is -0.125. The van der Waals surface area contributed by atoms with Crippen LogP contribution in [0.2, 0.25) is 0 Å². The predicted octanol–water partition coefficient (Wildman–Crippen LogP) is 1.58. The van der Waals surface area contributed by atoms with Crippen LogP contribution in [0.3, 0.4) is 0 Å². The lowest BCUT2D eigenvalue weighted by Gasteiger charge is -2.48. The first-order valence-electron chi connectivity index (χ1n) is 10.2. The van der Waals surface area contributed by atoms with E-state index in [2.05, 4.69) is 35.1 Å². The molecule has 5 aliphatic rings. The van der Waals surface area contributed by atoms with Gasteiger partial charge >= 0.3 is 0 Å². The molecular formula is C19H34N4O2. The van der Waals surface area contributed by atoms with E-state index in [0.29, 0.717) is 11.3 Å². The van der Waals surface area contributed by atoms with Crippen LogP contribution in [0.25, 0.3) is 0 Å². The molecule has 0 radical (unpaired) electrons. The summed E-state index contributed by atoms with van der Waals surface area (Å²) in [5.41, 5.74) is 6.97. The van der Waals surface area contributed by atoms with Crippen molar-refractivity contribution in [3.63, 3.8) is 0 Å². The summed E-state index contributed by atoms with van der Waals surface area (Å²) < 4.78 is 0. The third-order valence-corrected chi connectivity index (χ3v) is 7.01. The summed E-state index contributed by atoms with van der Waals surface area (Å²) >= 11 is 0. The second kappa shape index (κ2) is 7.14. The van der Waals surface area contributed by atoms with Gasteiger partial charge in [0, 0.05) is 26.1 Å². The number of hydrogen-bond acceptors (Lipinski definition) is 5. The van der Waals surface area contributed by atoms with Gasteiger partial charge in [0.2, 0.25) is 5.91 Å². The minimum absolute atomic E-state index is 0.0770. The normalized spacial score (nSPS) is 41.6. The van der Waals surface area contributed by atoms with Gasteiger partial charge in [0.25, 0.3) is 0 Å². The molecule has 6 nitrogen and oxygen atoms in total. The lowest BCUT2D eigenvalue weighted by Crippen LogP contribution is -2.48. The van der Waals surface area contributed by atoms with E-state index in [1.54, 1.807) is 0 Å². The maximum Gasteiger partial charge on any atom is 0.239 e. The molecule has 2 bridgehead atoms. The van der Waals surface area contributed by atoms with Gasteiger partial charge in [-0.1, -0.05) is 13.8 Å². The molecule has 2 aliphatic heterocycles. The van der Waals surface area contributed by atoms with Crippen molar-refractivity contribution in [2.75, 3.05) is 19.6 Å². The number of nitrogens with one attached hydrogen (secondary N) is 3. The van der Waals surface area contributed by atoms with Gasteiger partial charge in [-0.05, 0) is 55.8 Å². The highest BCUT2D eigenvalue weighted by atomic mass is 16.7. The summed E-state index contributed by atoms with van der Waals surface area (Å²) in [4.78, 5) is 18.0. The molecule has 3 aliphatic carbocycles. The summed E-state index contributed by atoms with van der Waals surface area (Å²) in [7, 11) is 0. The molecule has 142 valence electrons. The average molecular weight is 351 g/mol. The second-order valence-electron chi connectivity index (χ2n) is 9.24. The fourth-order valence-electron chi connectivity index (χ4n) is 5.20. The summed E-state index contributed by atoms with van der Waals surface area (Å²) in [6, 6.07) is -0.0163. The van der Waals surface area contributed by atoms with Crippen LogP contribution in [-0.4, -0.2) is 48.7 Å². The number of carbonyl (C=O) groups excluding carboxylic acids is 1. The maximum atomic E-state index is 12.5. The van der Waals surface area contributed by atoms with E-state index in [0.717, 1.165) is 32.0 Å². The van der Waals surface area contributed by atoms with E-state index < -0.39 is 0 Å². The highest BCUT2D eigenvalue weighted by molar-refractivity contribution is 5.82. The van der Waals surface area contributed by atoms with E-state index in [1.807, 2.05) is 0 Å². The van der Waals surface area contributed by atoms with E-state index in [9.17, 15) is 4.79 Å². The lowest BCUT2D eigenvalue weighted by atomic mass is 9.60. The van der Waals surface area contributed by atoms with Crippen LogP contribution >= 0.6 is 0 Å². The molecule has 0 aromatic heterocycles. The predicted molar refractivity (Wildman–Crippen MR) is 96.4 cm³/mol. The van der Waals surface area contributed by atoms with Crippen LogP contribution in [0.4, 0.5) is 0 Å². The van der Waals surface area contributed by atoms with Gasteiger partial charge in [0.1, 0.15) is 6.04 Å². The van der Waals surface area contributed by atoms with Crippen molar-refractivity contribution in [1.82, 2.24) is 21.2 Å². The van der Waals surface area contributed by atoms with Crippen molar-refractivity contribution in [3.8, 4) is 0 Å². The van der Waals surface area contributed by atoms with Crippen LogP contribution < -0.4 is 16.2 Å². The molecule has 3 unspecified atom stereocenters. The molecule has 5 fully saturated rings. The van der Waals surface area contributed by atoms with E-state index in [4.69, 9.17) is 4.84 Å². The van der Waals surface area contributed by atoms with E-state index in [1.165, 1.54) is 38.5 Å². The molecule has 1 amide bonds. The van der Waals surface area contributed by atoms with Gasteiger partial charge in [-0.3, -0.25) is 15.1 Å². The zero-order valence-electron chi connectivity index (χ0n) is 15.7. The number of rotatable bonds is 5. The van der Waals surface area contributed by atoms with Gasteiger partial charge in [0.05, 0.1) is 12.1 Å². The number of nitrogens with zero attached hydrogens (tertiary/aromatic N) is 1. The first-order valence-corrected chi connectivity index (χ1v) is 10.2. The van der Waals surface area contributed by atoms with Crippen molar-refractivity contribution >= 4 is 5.91 Å². The highest BCUT2D eigenvalue weighted by Gasteiger charge is 2.42. The average Bonchev–Trinajstić information content (AvgIpc) is 3.26. The number of amides is 1. The van der Waals surface area contributed by atoms with Crippen LogP contribution in [0.1, 0.15) is 58.8 Å². The Morgan fingerprint density at radius 1 is 1.28 bits per heavy atom. The fourth-order valence-corrected chi connectivity index (χ4v) is 5.20. The van der Waals surface area contributed by atoms with Gasteiger partial charge < -0.3 is 5.32 Å². The number of hydroxylamine groups is 1. The Labute approximate surface area is 151 Å². The largest absolute Gasteiger partial charge is 0.349 e. The van der Waals surface area contributed by atoms with E-state index >= 15 is 0 Å². The Morgan fingerprint density at radius 2 is 2.00 bits per heavy atom. The molecule has 3 atom stereocenters. The smallest absolute Gasteiger partial charge is 0.239 e. The quantitative estimate of drug-likeness (QED) is 0.703. The van der Waals surface area contributed by atoms with Gasteiger partial charge in [-0.15, -0.1) is 0 Å². The Morgan fingerprint density at radius 3 is 2.64 bits per heavy atom. The number of hydrogen-bond donors (Lipinski definition) is 3. The Hall–Kier alpha value is -0.690. The molecule has 0 spiro atoms. The summed E-state index contributed by atoms with van der Waals surface area (Å²) in [6.45, 7) is 7.16. The van der Waals surface area contributed by atoms with Crippen LogP contribution in [-0.2, 0) is 9.63 Å². The molecule has 3 saturated carbocycles. The van der Waals surface area contributed by atoms with Crippen molar-refractivity contribution in [3.05, 3.63) is 0 Å². The van der Waals surface area contributed by atoms with Crippen molar-refractivity contribution in [2.24, 2.45) is 17.3 Å². The first-order chi connectivity index (χ1) is 12.0. The summed E-state index contributed by atoms with van der Waals surface area (Å²) in [5.74, 6) is 1.52. The van der Waals surface area contributed by atoms with Crippen LogP contribution in [0.5, 0.6) is 0 Å². The van der Waals surface area contributed by atoms with Gasteiger partial charge in [-0.2, -0.15) is 5.48 Å².